The average Bonchev–Trinajstić information content (AvgIpc) is 2.93. The number of aromatic nitrogens is 1. The van der Waals surface area contributed by atoms with E-state index >= 15 is 0 Å². The second-order valence-electron chi connectivity index (χ2n) is 4.18. The predicted molar refractivity (Wildman–Crippen MR) is 74.7 cm³/mol. The Bertz CT molecular complexity index is 693. The molecule has 0 spiro atoms. The van der Waals surface area contributed by atoms with Crippen molar-refractivity contribution in [3.8, 4) is 5.75 Å². The number of methoxy groups -OCH3 is 1. The highest BCUT2D eigenvalue weighted by Crippen LogP contribution is 2.26. The van der Waals surface area contributed by atoms with E-state index in [2.05, 4.69) is 15.6 Å². The third-order valence-corrected chi connectivity index (χ3v) is 2.71. The number of hydrogen-bond acceptors (Lipinski definition) is 6. The van der Waals surface area contributed by atoms with Crippen LogP contribution in [0.3, 0.4) is 0 Å². The highest BCUT2D eigenvalue weighted by molar-refractivity contribution is 6.04. The minimum Gasteiger partial charge on any atom is -0.495 e. The minimum absolute atomic E-state index is 0.0571. The normalized spacial score (nSPS) is 11.2. The van der Waals surface area contributed by atoms with Gasteiger partial charge in [-0.25, -0.2) is 0 Å². The van der Waals surface area contributed by atoms with Crippen molar-refractivity contribution in [2.45, 2.75) is 6.92 Å². The van der Waals surface area contributed by atoms with Crippen molar-refractivity contribution in [3.05, 3.63) is 41.3 Å². The topological polar surface area (TPSA) is 123 Å². The van der Waals surface area contributed by atoms with Crippen molar-refractivity contribution >= 4 is 17.4 Å². The molecule has 0 radical (unpaired) electrons. The highest BCUT2D eigenvalue weighted by atomic mass is 16.5. The first kappa shape index (κ1) is 14.4. The van der Waals surface area contributed by atoms with Crippen LogP contribution in [-0.2, 0) is 0 Å². The monoisotopic (exact) mass is 290 g/mol. The molecule has 110 valence electrons. The Morgan fingerprint density at radius 1 is 1.48 bits per heavy atom. The Labute approximate surface area is 120 Å². The van der Waals surface area contributed by atoms with E-state index in [1.165, 1.54) is 13.2 Å². The van der Waals surface area contributed by atoms with Gasteiger partial charge in [0, 0.05) is 11.6 Å². The maximum absolute atomic E-state index is 12.0. The maximum Gasteiger partial charge on any atom is 0.277 e. The summed E-state index contributed by atoms with van der Waals surface area (Å²) in [6.45, 7) is 1.69. The van der Waals surface area contributed by atoms with E-state index in [4.69, 9.17) is 20.2 Å². The molecule has 0 bridgehead atoms. The Balaban J connectivity index is 2.26. The van der Waals surface area contributed by atoms with Gasteiger partial charge in [0.2, 0.25) is 0 Å². The molecule has 1 heterocycles. The first-order valence-corrected chi connectivity index (χ1v) is 5.95. The van der Waals surface area contributed by atoms with E-state index < -0.39 is 5.91 Å². The van der Waals surface area contributed by atoms with E-state index in [1.807, 2.05) is 0 Å². The summed E-state index contributed by atoms with van der Waals surface area (Å²) >= 11 is 0. The number of carbonyl (C=O) groups excluding carboxylic acids is 1. The lowest BCUT2D eigenvalue weighted by atomic mass is 10.1. The van der Waals surface area contributed by atoms with E-state index in [9.17, 15) is 4.79 Å². The standard InChI is InChI=1S/C13H14N4O4/c1-7-5-10(17-21-7)13(18)15-9-4-3-8(12(14)16-19)6-11(9)20-2/h3-6,19H,1-2H3,(H2,14,16)(H,15,18). The first-order valence-electron chi connectivity index (χ1n) is 5.95. The Kier molecular flexibility index (Phi) is 4.07. The van der Waals surface area contributed by atoms with E-state index in [0.29, 0.717) is 22.8 Å². The number of nitrogens with zero attached hydrogens (tertiary/aromatic N) is 2. The molecule has 2 aromatic rings. The lowest BCUT2D eigenvalue weighted by Gasteiger charge is -2.10. The lowest BCUT2D eigenvalue weighted by Crippen LogP contribution is -2.15. The second kappa shape index (κ2) is 5.95. The van der Waals surface area contributed by atoms with Crippen molar-refractivity contribution in [2.75, 3.05) is 12.4 Å². The first-order chi connectivity index (χ1) is 10.0. The molecule has 1 aromatic carbocycles. The Hall–Kier alpha value is -3.03. The fourth-order valence-corrected chi connectivity index (χ4v) is 1.67. The molecule has 2 rings (SSSR count). The van der Waals surface area contributed by atoms with Crippen molar-refractivity contribution in [1.29, 1.82) is 0 Å². The summed E-state index contributed by atoms with van der Waals surface area (Å²) in [6, 6.07) is 6.23. The van der Waals surface area contributed by atoms with Crippen LogP contribution in [-0.4, -0.2) is 29.2 Å². The van der Waals surface area contributed by atoms with E-state index in [-0.39, 0.29) is 11.5 Å². The number of carbonyl (C=O) groups is 1. The number of hydrogen-bond donors (Lipinski definition) is 3. The van der Waals surface area contributed by atoms with Gasteiger partial charge in [0.15, 0.2) is 11.5 Å². The summed E-state index contributed by atoms with van der Waals surface area (Å²) in [5.74, 6) is 0.419. The van der Waals surface area contributed by atoms with Gasteiger partial charge in [0.1, 0.15) is 11.5 Å². The number of nitrogens with one attached hydrogen (secondary N) is 1. The van der Waals surface area contributed by atoms with Gasteiger partial charge in [0.25, 0.3) is 5.91 Å². The van der Waals surface area contributed by atoms with Crippen molar-refractivity contribution in [2.24, 2.45) is 10.9 Å². The van der Waals surface area contributed by atoms with Crippen LogP contribution in [0.25, 0.3) is 0 Å². The minimum atomic E-state index is -0.429. The number of ether oxygens (including phenoxy) is 1. The summed E-state index contributed by atoms with van der Waals surface area (Å²) < 4.78 is 10.0. The Morgan fingerprint density at radius 3 is 2.81 bits per heavy atom. The zero-order valence-corrected chi connectivity index (χ0v) is 11.5. The van der Waals surface area contributed by atoms with Crippen LogP contribution in [0.5, 0.6) is 5.75 Å². The number of oxime groups is 1. The molecule has 0 unspecified atom stereocenters. The summed E-state index contributed by atoms with van der Waals surface area (Å²) in [5.41, 5.74) is 6.55. The molecule has 0 aliphatic carbocycles. The summed E-state index contributed by atoms with van der Waals surface area (Å²) in [6.07, 6.45) is 0. The largest absolute Gasteiger partial charge is 0.495 e. The van der Waals surface area contributed by atoms with Crippen LogP contribution in [0.2, 0.25) is 0 Å². The molecule has 0 atom stereocenters. The van der Waals surface area contributed by atoms with Gasteiger partial charge >= 0.3 is 0 Å². The summed E-state index contributed by atoms with van der Waals surface area (Å²) in [7, 11) is 1.45. The van der Waals surface area contributed by atoms with Crippen molar-refractivity contribution < 1.29 is 19.3 Å². The molecule has 8 nitrogen and oxygen atoms in total. The molecule has 0 saturated carbocycles. The molecular formula is C13H14N4O4. The van der Waals surface area contributed by atoms with Crippen LogP contribution >= 0.6 is 0 Å². The molecule has 0 aliphatic heterocycles. The quantitative estimate of drug-likeness (QED) is 0.338. The highest BCUT2D eigenvalue weighted by Gasteiger charge is 2.14. The van der Waals surface area contributed by atoms with Crippen LogP contribution in [0.15, 0.2) is 33.9 Å². The number of amides is 1. The maximum atomic E-state index is 12.0. The van der Waals surface area contributed by atoms with Crippen LogP contribution in [0.4, 0.5) is 5.69 Å². The average molecular weight is 290 g/mol. The number of amidine groups is 1. The number of rotatable bonds is 4. The zero-order valence-electron chi connectivity index (χ0n) is 11.5. The zero-order chi connectivity index (χ0) is 15.4. The van der Waals surface area contributed by atoms with Gasteiger partial charge in [-0.3, -0.25) is 4.79 Å². The van der Waals surface area contributed by atoms with Gasteiger partial charge in [-0.05, 0) is 25.1 Å². The number of benzene rings is 1. The number of aryl methyl sites for hydroxylation is 1. The van der Waals surface area contributed by atoms with Crippen LogP contribution in [0, 0.1) is 6.92 Å². The van der Waals surface area contributed by atoms with Crippen LogP contribution in [0.1, 0.15) is 21.8 Å². The number of anilines is 1. The molecule has 1 amide bonds. The molecule has 4 N–H and O–H groups in total. The fraction of sp³-hybridized carbons (Fsp3) is 0.154. The third kappa shape index (κ3) is 3.11. The van der Waals surface area contributed by atoms with Gasteiger partial charge in [0.05, 0.1) is 12.8 Å². The summed E-state index contributed by atoms with van der Waals surface area (Å²) in [5, 5.41) is 17.8. The lowest BCUT2D eigenvalue weighted by molar-refractivity contribution is 0.101. The third-order valence-electron chi connectivity index (χ3n) is 2.71. The molecule has 0 aliphatic rings. The molecular weight excluding hydrogens is 276 g/mol. The number of nitrogens with two attached hydrogens (primary N) is 1. The Morgan fingerprint density at radius 2 is 2.24 bits per heavy atom. The van der Waals surface area contributed by atoms with Crippen molar-refractivity contribution in [3.63, 3.8) is 0 Å². The SMILES string of the molecule is COc1cc(/C(N)=N/O)ccc1NC(=O)c1cc(C)on1. The molecule has 21 heavy (non-hydrogen) atoms. The smallest absolute Gasteiger partial charge is 0.277 e. The van der Waals surface area contributed by atoms with E-state index in [1.54, 1.807) is 25.1 Å². The van der Waals surface area contributed by atoms with Gasteiger partial charge < -0.3 is 25.5 Å². The van der Waals surface area contributed by atoms with Crippen LogP contribution < -0.4 is 15.8 Å². The fourth-order valence-electron chi connectivity index (χ4n) is 1.67. The molecule has 0 fully saturated rings. The summed E-state index contributed by atoms with van der Waals surface area (Å²) in [4.78, 5) is 12.0. The van der Waals surface area contributed by atoms with E-state index in [0.717, 1.165) is 0 Å². The molecule has 0 saturated heterocycles. The molecule has 8 heteroatoms. The predicted octanol–water partition coefficient (Wildman–Crippen LogP) is 1.34. The van der Waals surface area contributed by atoms with Gasteiger partial charge in [-0.15, -0.1) is 0 Å². The second-order valence-corrected chi connectivity index (χ2v) is 4.18. The van der Waals surface area contributed by atoms with Crippen molar-refractivity contribution in [1.82, 2.24) is 5.16 Å². The van der Waals surface area contributed by atoms with Gasteiger partial charge in [-0.2, -0.15) is 0 Å². The van der Waals surface area contributed by atoms with Gasteiger partial charge in [-0.1, -0.05) is 10.3 Å². The molecule has 1 aromatic heterocycles.